The van der Waals surface area contributed by atoms with Gasteiger partial charge >= 0.3 is 0 Å². The summed E-state index contributed by atoms with van der Waals surface area (Å²) in [5.74, 6) is 0.660. The smallest absolute Gasteiger partial charge is 0.180 e. The van der Waals surface area contributed by atoms with E-state index in [2.05, 4.69) is 20.2 Å². The highest BCUT2D eigenvalue weighted by Crippen LogP contribution is 2.30. The minimum Gasteiger partial charge on any atom is -0.375 e. The summed E-state index contributed by atoms with van der Waals surface area (Å²) in [5, 5.41) is 4.04. The van der Waals surface area contributed by atoms with Gasteiger partial charge in [-0.2, -0.15) is 0 Å². The number of halogens is 1. The lowest BCUT2D eigenvalue weighted by Crippen LogP contribution is -2.32. The van der Waals surface area contributed by atoms with Crippen molar-refractivity contribution >= 4 is 40.2 Å². The molecule has 3 heterocycles. The van der Waals surface area contributed by atoms with Crippen LogP contribution in [0.15, 0.2) is 17.8 Å². The minimum absolute atomic E-state index is 0. The Bertz CT molecular complexity index is 492. The first kappa shape index (κ1) is 14.7. The highest BCUT2D eigenvalue weighted by atomic mass is 35.5. The highest BCUT2D eigenvalue weighted by Gasteiger charge is 2.22. The van der Waals surface area contributed by atoms with E-state index in [0.717, 1.165) is 19.6 Å². The van der Waals surface area contributed by atoms with Gasteiger partial charge in [-0.05, 0) is 25.9 Å². The fourth-order valence-corrected chi connectivity index (χ4v) is 3.93. The standard InChI is InChI=1S/C12H16N4S2.ClH/c13-12-15-7-10(18-12)8-16-4-1-9(2-5-16)11-14-3-6-17-11;/h3,6-7,9H,1-2,4-5,8H2,(H2,13,15);1H. The van der Waals surface area contributed by atoms with Gasteiger partial charge in [0.15, 0.2) is 5.13 Å². The van der Waals surface area contributed by atoms with E-state index in [0.29, 0.717) is 11.0 Å². The zero-order chi connectivity index (χ0) is 12.4. The molecule has 104 valence electrons. The molecule has 0 unspecified atom stereocenters. The van der Waals surface area contributed by atoms with Gasteiger partial charge < -0.3 is 5.73 Å². The van der Waals surface area contributed by atoms with E-state index in [9.17, 15) is 0 Å². The third kappa shape index (κ3) is 3.66. The quantitative estimate of drug-likeness (QED) is 0.946. The van der Waals surface area contributed by atoms with Crippen molar-refractivity contribution in [2.45, 2.75) is 25.3 Å². The maximum Gasteiger partial charge on any atom is 0.180 e. The van der Waals surface area contributed by atoms with Gasteiger partial charge in [0.25, 0.3) is 0 Å². The summed E-state index contributed by atoms with van der Waals surface area (Å²) in [7, 11) is 0. The summed E-state index contributed by atoms with van der Waals surface area (Å²) in [6.45, 7) is 3.27. The average Bonchev–Trinajstić information content (AvgIpc) is 3.02. The lowest BCUT2D eigenvalue weighted by atomic mass is 9.97. The Morgan fingerprint density at radius 2 is 2.11 bits per heavy atom. The summed E-state index contributed by atoms with van der Waals surface area (Å²) in [4.78, 5) is 12.3. The maximum absolute atomic E-state index is 5.65. The van der Waals surface area contributed by atoms with Gasteiger partial charge in [-0.1, -0.05) is 0 Å². The maximum atomic E-state index is 5.65. The van der Waals surface area contributed by atoms with Crippen LogP contribution >= 0.6 is 35.1 Å². The van der Waals surface area contributed by atoms with Crippen LogP contribution in [0.4, 0.5) is 5.13 Å². The van der Waals surface area contributed by atoms with Crippen molar-refractivity contribution in [2.75, 3.05) is 18.8 Å². The fourth-order valence-electron chi connectivity index (χ4n) is 2.39. The molecule has 2 N–H and O–H groups in total. The molecule has 0 saturated carbocycles. The molecule has 0 amide bonds. The third-order valence-electron chi connectivity index (χ3n) is 3.34. The largest absolute Gasteiger partial charge is 0.375 e. The van der Waals surface area contributed by atoms with Crippen molar-refractivity contribution in [3.8, 4) is 0 Å². The first-order valence-electron chi connectivity index (χ1n) is 6.13. The number of hydrogen-bond acceptors (Lipinski definition) is 6. The predicted molar refractivity (Wildman–Crippen MR) is 83.1 cm³/mol. The van der Waals surface area contributed by atoms with Crippen LogP contribution in [0.25, 0.3) is 0 Å². The van der Waals surface area contributed by atoms with Crippen LogP contribution in [0.5, 0.6) is 0 Å². The van der Waals surface area contributed by atoms with Crippen molar-refractivity contribution < 1.29 is 0 Å². The average molecular weight is 317 g/mol. The van der Waals surface area contributed by atoms with E-state index in [1.807, 2.05) is 12.4 Å². The summed E-state index contributed by atoms with van der Waals surface area (Å²) < 4.78 is 0. The second-order valence-corrected chi connectivity index (χ2v) is 6.66. The number of thiazole rings is 2. The molecule has 1 saturated heterocycles. The summed E-state index contributed by atoms with van der Waals surface area (Å²) in [6, 6.07) is 0. The van der Waals surface area contributed by atoms with Crippen LogP contribution in [0.1, 0.15) is 28.6 Å². The van der Waals surface area contributed by atoms with Crippen LogP contribution in [-0.4, -0.2) is 28.0 Å². The van der Waals surface area contributed by atoms with Crippen LogP contribution in [0, 0.1) is 0 Å². The summed E-state index contributed by atoms with van der Waals surface area (Å²) in [6.07, 6.45) is 6.23. The van der Waals surface area contributed by atoms with Gasteiger partial charge in [-0.25, -0.2) is 9.97 Å². The molecule has 2 aromatic heterocycles. The highest BCUT2D eigenvalue weighted by molar-refractivity contribution is 7.15. The summed E-state index contributed by atoms with van der Waals surface area (Å²) in [5.41, 5.74) is 5.65. The van der Waals surface area contributed by atoms with Gasteiger partial charge in [0.2, 0.25) is 0 Å². The van der Waals surface area contributed by atoms with Gasteiger partial charge in [-0.3, -0.25) is 4.90 Å². The normalized spacial score (nSPS) is 17.3. The monoisotopic (exact) mass is 316 g/mol. The Morgan fingerprint density at radius 1 is 1.32 bits per heavy atom. The van der Waals surface area contributed by atoms with Crippen LogP contribution < -0.4 is 5.73 Å². The van der Waals surface area contributed by atoms with Crippen molar-refractivity contribution in [2.24, 2.45) is 0 Å². The molecule has 0 radical (unpaired) electrons. The molecular weight excluding hydrogens is 300 g/mol. The number of aromatic nitrogens is 2. The van der Waals surface area contributed by atoms with E-state index >= 15 is 0 Å². The molecule has 0 aromatic carbocycles. The fraction of sp³-hybridized carbons (Fsp3) is 0.500. The van der Waals surface area contributed by atoms with E-state index < -0.39 is 0 Å². The first-order chi connectivity index (χ1) is 8.81. The van der Waals surface area contributed by atoms with Crippen molar-refractivity contribution in [3.63, 3.8) is 0 Å². The molecule has 0 aliphatic carbocycles. The SMILES string of the molecule is Cl.Nc1ncc(CN2CCC(c3nccs3)CC2)s1. The van der Waals surface area contributed by atoms with Crippen molar-refractivity contribution in [1.82, 2.24) is 14.9 Å². The van der Waals surface area contributed by atoms with Gasteiger partial charge in [0.1, 0.15) is 0 Å². The number of nitrogens with two attached hydrogens (primary N) is 1. The number of likely N-dealkylation sites (tertiary alicyclic amines) is 1. The molecule has 4 nitrogen and oxygen atoms in total. The van der Waals surface area contributed by atoms with E-state index in [-0.39, 0.29) is 12.4 Å². The Balaban J connectivity index is 0.00000133. The molecule has 1 fully saturated rings. The predicted octanol–water partition coefficient (Wildman–Crippen LogP) is 2.98. The lowest BCUT2D eigenvalue weighted by molar-refractivity contribution is 0.206. The van der Waals surface area contributed by atoms with E-state index in [1.54, 1.807) is 22.7 Å². The zero-order valence-corrected chi connectivity index (χ0v) is 12.9. The Labute approximate surface area is 127 Å². The number of nitrogen functional groups attached to an aromatic ring is 1. The second-order valence-electron chi connectivity index (χ2n) is 4.59. The van der Waals surface area contributed by atoms with E-state index in [1.165, 1.54) is 22.7 Å². The van der Waals surface area contributed by atoms with Crippen LogP contribution in [0.2, 0.25) is 0 Å². The topological polar surface area (TPSA) is 55.0 Å². The number of hydrogen-bond donors (Lipinski definition) is 1. The second kappa shape index (κ2) is 6.65. The zero-order valence-electron chi connectivity index (χ0n) is 10.5. The van der Waals surface area contributed by atoms with Gasteiger partial charge in [0.05, 0.1) is 5.01 Å². The molecule has 19 heavy (non-hydrogen) atoms. The van der Waals surface area contributed by atoms with Gasteiger partial charge in [0, 0.05) is 35.1 Å². The molecule has 7 heteroatoms. The number of rotatable bonds is 3. The van der Waals surface area contributed by atoms with Crippen LogP contribution in [-0.2, 0) is 6.54 Å². The number of anilines is 1. The third-order valence-corrected chi connectivity index (χ3v) is 5.09. The van der Waals surface area contributed by atoms with Gasteiger partial charge in [-0.15, -0.1) is 35.1 Å². The minimum atomic E-state index is 0. The van der Waals surface area contributed by atoms with Crippen molar-refractivity contribution in [3.05, 3.63) is 27.7 Å². The molecule has 2 aromatic rings. The first-order valence-corrected chi connectivity index (χ1v) is 7.83. The lowest BCUT2D eigenvalue weighted by Gasteiger charge is -2.30. The molecule has 0 bridgehead atoms. The van der Waals surface area contributed by atoms with Crippen LogP contribution in [0.3, 0.4) is 0 Å². The Morgan fingerprint density at radius 3 is 2.68 bits per heavy atom. The number of nitrogens with zero attached hydrogens (tertiary/aromatic N) is 3. The Kier molecular flexibility index (Phi) is 5.15. The van der Waals surface area contributed by atoms with E-state index in [4.69, 9.17) is 5.73 Å². The number of piperidine rings is 1. The Hall–Kier alpha value is -0.690. The molecule has 1 aliphatic rings. The molecule has 1 aliphatic heterocycles. The molecular formula is C12H17ClN4S2. The van der Waals surface area contributed by atoms with Crippen molar-refractivity contribution in [1.29, 1.82) is 0 Å². The molecule has 3 rings (SSSR count). The molecule has 0 atom stereocenters. The molecule has 0 spiro atoms. The summed E-state index contributed by atoms with van der Waals surface area (Å²) >= 11 is 3.38.